The number of fused-ring (bicyclic) bond motifs is 1. The summed E-state index contributed by atoms with van der Waals surface area (Å²) in [5, 5.41) is 11.1. The standard InChI is InChI=1S/C15H14BNO2/c1-15(2)10-18-16(19-15)14-8-7-11(9-17)12-5-3-4-6-13(12)14/h3-8H,10H2,1-2H3. The Morgan fingerprint density at radius 3 is 2.53 bits per heavy atom. The number of nitriles is 1. The number of nitrogens with zero attached hydrogens (tertiary/aromatic N) is 1. The van der Waals surface area contributed by atoms with Gasteiger partial charge in [-0.05, 0) is 36.1 Å². The summed E-state index contributed by atoms with van der Waals surface area (Å²) < 4.78 is 11.6. The van der Waals surface area contributed by atoms with Crippen LogP contribution in [0.1, 0.15) is 19.4 Å². The first-order valence-electron chi connectivity index (χ1n) is 6.32. The fourth-order valence-corrected chi connectivity index (χ4v) is 2.41. The molecule has 3 nitrogen and oxygen atoms in total. The van der Waals surface area contributed by atoms with Crippen molar-refractivity contribution < 1.29 is 9.31 Å². The van der Waals surface area contributed by atoms with E-state index >= 15 is 0 Å². The highest BCUT2D eigenvalue weighted by Crippen LogP contribution is 2.23. The predicted molar refractivity (Wildman–Crippen MR) is 75.2 cm³/mol. The third kappa shape index (κ3) is 2.12. The van der Waals surface area contributed by atoms with Gasteiger partial charge in [-0.15, -0.1) is 0 Å². The molecule has 0 aliphatic carbocycles. The lowest BCUT2D eigenvalue weighted by atomic mass is 9.75. The summed E-state index contributed by atoms with van der Waals surface area (Å²) in [5.41, 5.74) is 1.40. The smallest absolute Gasteiger partial charge is 0.404 e. The minimum Gasteiger partial charge on any atom is -0.404 e. The van der Waals surface area contributed by atoms with Crippen LogP contribution in [0.5, 0.6) is 0 Å². The van der Waals surface area contributed by atoms with Crippen molar-refractivity contribution in [1.82, 2.24) is 0 Å². The monoisotopic (exact) mass is 251 g/mol. The molecule has 19 heavy (non-hydrogen) atoms. The first-order chi connectivity index (χ1) is 9.11. The number of hydrogen-bond donors (Lipinski definition) is 0. The highest BCUT2D eigenvalue weighted by Gasteiger charge is 2.38. The molecule has 0 saturated carbocycles. The van der Waals surface area contributed by atoms with E-state index in [-0.39, 0.29) is 12.7 Å². The molecule has 0 spiro atoms. The molecule has 1 saturated heterocycles. The minimum absolute atomic E-state index is 0.264. The van der Waals surface area contributed by atoms with Gasteiger partial charge in [0.25, 0.3) is 0 Å². The molecule has 0 atom stereocenters. The Morgan fingerprint density at radius 1 is 1.16 bits per heavy atom. The first-order valence-corrected chi connectivity index (χ1v) is 6.32. The van der Waals surface area contributed by atoms with Crippen molar-refractivity contribution in [3.05, 3.63) is 42.0 Å². The minimum atomic E-state index is -0.354. The average molecular weight is 251 g/mol. The second-order valence-corrected chi connectivity index (χ2v) is 5.38. The van der Waals surface area contributed by atoms with Gasteiger partial charge in [0.1, 0.15) is 0 Å². The molecule has 1 aliphatic rings. The molecule has 1 heterocycles. The Morgan fingerprint density at radius 2 is 1.89 bits per heavy atom. The largest absolute Gasteiger partial charge is 0.495 e. The Balaban J connectivity index is 2.14. The van der Waals surface area contributed by atoms with Crippen LogP contribution in [0.15, 0.2) is 36.4 Å². The van der Waals surface area contributed by atoms with Gasteiger partial charge in [-0.25, -0.2) is 0 Å². The molecule has 0 aromatic heterocycles. The van der Waals surface area contributed by atoms with Crippen LogP contribution >= 0.6 is 0 Å². The van der Waals surface area contributed by atoms with E-state index in [1.165, 1.54) is 0 Å². The van der Waals surface area contributed by atoms with Crippen LogP contribution in [-0.4, -0.2) is 19.3 Å². The zero-order chi connectivity index (χ0) is 13.5. The molecule has 1 aliphatic heterocycles. The maximum Gasteiger partial charge on any atom is 0.495 e. The summed E-state index contributed by atoms with van der Waals surface area (Å²) >= 11 is 0. The molecule has 1 fully saturated rings. The Labute approximate surface area is 112 Å². The molecule has 2 aromatic carbocycles. The van der Waals surface area contributed by atoms with Gasteiger partial charge in [0.15, 0.2) is 0 Å². The predicted octanol–water partition coefficient (Wildman–Crippen LogP) is 2.23. The summed E-state index contributed by atoms with van der Waals surface area (Å²) in [6, 6.07) is 13.8. The maximum atomic E-state index is 9.16. The van der Waals surface area contributed by atoms with Crippen molar-refractivity contribution in [2.75, 3.05) is 6.61 Å². The molecule has 0 amide bonds. The summed E-state index contributed by atoms with van der Waals surface area (Å²) in [7, 11) is -0.354. The van der Waals surface area contributed by atoms with Crippen molar-refractivity contribution in [2.24, 2.45) is 0 Å². The van der Waals surface area contributed by atoms with Crippen molar-refractivity contribution in [1.29, 1.82) is 5.26 Å². The number of hydrogen-bond acceptors (Lipinski definition) is 3. The summed E-state index contributed by atoms with van der Waals surface area (Å²) in [6.45, 7) is 4.60. The Hall–Kier alpha value is -1.83. The van der Waals surface area contributed by atoms with E-state index < -0.39 is 0 Å². The molecular formula is C15H14BNO2. The average Bonchev–Trinajstić information content (AvgIpc) is 2.77. The van der Waals surface area contributed by atoms with Gasteiger partial charge < -0.3 is 9.31 Å². The van der Waals surface area contributed by atoms with E-state index in [1.807, 2.05) is 50.2 Å². The molecule has 0 unspecified atom stereocenters. The van der Waals surface area contributed by atoms with E-state index in [2.05, 4.69) is 6.07 Å². The van der Waals surface area contributed by atoms with Gasteiger partial charge >= 0.3 is 7.12 Å². The fourth-order valence-electron chi connectivity index (χ4n) is 2.41. The SMILES string of the molecule is CC1(C)COB(c2ccc(C#N)c3ccccc23)O1. The third-order valence-electron chi connectivity index (χ3n) is 3.34. The van der Waals surface area contributed by atoms with Gasteiger partial charge in [-0.3, -0.25) is 0 Å². The lowest BCUT2D eigenvalue weighted by Crippen LogP contribution is -2.35. The summed E-state index contributed by atoms with van der Waals surface area (Å²) in [5.74, 6) is 0. The lowest BCUT2D eigenvalue weighted by molar-refractivity contribution is 0.137. The molecule has 4 heteroatoms. The van der Waals surface area contributed by atoms with Crippen LogP contribution in [-0.2, 0) is 9.31 Å². The molecule has 2 aromatic rings. The summed E-state index contributed by atoms with van der Waals surface area (Å²) in [6.07, 6.45) is 0. The van der Waals surface area contributed by atoms with Crippen molar-refractivity contribution in [3.8, 4) is 6.07 Å². The van der Waals surface area contributed by atoms with Gasteiger partial charge in [0, 0.05) is 0 Å². The maximum absolute atomic E-state index is 9.16. The van der Waals surface area contributed by atoms with Crippen molar-refractivity contribution in [2.45, 2.75) is 19.4 Å². The zero-order valence-corrected chi connectivity index (χ0v) is 11.0. The first kappa shape index (κ1) is 12.2. The van der Waals surface area contributed by atoms with Gasteiger partial charge in [0.2, 0.25) is 0 Å². The van der Waals surface area contributed by atoms with E-state index in [0.29, 0.717) is 12.2 Å². The molecular weight excluding hydrogens is 237 g/mol. The van der Waals surface area contributed by atoms with E-state index in [4.69, 9.17) is 14.6 Å². The lowest BCUT2D eigenvalue weighted by Gasteiger charge is -2.16. The number of rotatable bonds is 1. The fraction of sp³-hybridized carbons (Fsp3) is 0.267. The molecule has 3 rings (SSSR count). The Kier molecular flexibility index (Phi) is 2.81. The van der Waals surface area contributed by atoms with Gasteiger partial charge in [0.05, 0.1) is 23.8 Å². The van der Waals surface area contributed by atoms with Crippen LogP contribution in [0.25, 0.3) is 10.8 Å². The normalized spacial score (nSPS) is 17.6. The summed E-state index contributed by atoms with van der Waals surface area (Å²) in [4.78, 5) is 0. The Bertz CT molecular complexity index is 675. The molecule has 0 N–H and O–H groups in total. The third-order valence-corrected chi connectivity index (χ3v) is 3.34. The van der Waals surface area contributed by atoms with Crippen LogP contribution in [0, 0.1) is 11.3 Å². The number of benzene rings is 2. The highest BCUT2D eigenvalue weighted by atomic mass is 16.7. The van der Waals surface area contributed by atoms with Crippen LogP contribution in [0.3, 0.4) is 0 Å². The van der Waals surface area contributed by atoms with E-state index in [1.54, 1.807) is 0 Å². The van der Waals surface area contributed by atoms with E-state index in [9.17, 15) is 0 Å². The van der Waals surface area contributed by atoms with E-state index in [0.717, 1.165) is 16.2 Å². The molecule has 0 bridgehead atoms. The van der Waals surface area contributed by atoms with Crippen LogP contribution in [0.2, 0.25) is 0 Å². The zero-order valence-electron chi connectivity index (χ0n) is 11.0. The molecule has 94 valence electrons. The topological polar surface area (TPSA) is 42.2 Å². The van der Waals surface area contributed by atoms with Gasteiger partial charge in [-0.2, -0.15) is 5.26 Å². The highest BCUT2D eigenvalue weighted by molar-refractivity contribution is 6.65. The van der Waals surface area contributed by atoms with Crippen molar-refractivity contribution in [3.63, 3.8) is 0 Å². The van der Waals surface area contributed by atoms with Gasteiger partial charge in [-0.1, -0.05) is 30.3 Å². The van der Waals surface area contributed by atoms with Crippen molar-refractivity contribution >= 4 is 23.4 Å². The second kappa shape index (κ2) is 4.38. The van der Waals surface area contributed by atoms with Crippen LogP contribution in [0.4, 0.5) is 0 Å². The second-order valence-electron chi connectivity index (χ2n) is 5.38. The molecule has 0 radical (unpaired) electrons. The van der Waals surface area contributed by atoms with Crippen LogP contribution < -0.4 is 5.46 Å². The quantitative estimate of drug-likeness (QED) is 0.730.